The van der Waals surface area contributed by atoms with Crippen LogP contribution in [-0.4, -0.2) is 12.1 Å². The molecule has 0 saturated carbocycles. The molecule has 2 nitrogen and oxygen atoms in total. The maximum absolute atomic E-state index is 5.79. The Bertz CT molecular complexity index is 841. The zero-order chi connectivity index (χ0) is 14.1. The number of rotatable bonds is 1. The number of methoxy groups -OCH3 is 1. The van der Waals surface area contributed by atoms with Crippen LogP contribution in [0.25, 0.3) is 10.9 Å². The molecule has 2 aliphatic rings. The third kappa shape index (κ3) is 2.45. The van der Waals surface area contributed by atoms with E-state index in [2.05, 4.69) is 17.1 Å². The minimum Gasteiger partial charge on any atom is -0.496 e. The van der Waals surface area contributed by atoms with Crippen LogP contribution in [0.4, 0.5) is 0 Å². The van der Waals surface area contributed by atoms with Crippen LogP contribution in [0.2, 0.25) is 10.2 Å². The Kier molecular flexibility index (Phi) is 3.51. The monoisotopic (exact) mass is 303 g/mol. The van der Waals surface area contributed by atoms with Gasteiger partial charge in [0.1, 0.15) is 10.9 Å². The normalized spacial score (nSPS) is 10.8. The van der Waals surface area contributed by atoms with E-state index in [9.17, 15) is 0 Å². The van der Waals surface area contributed by atoms with E-state index in [-0.39, 0.29) is 0 Å². The average Bonchev–Trinajstić information content (AvgIpc) is 2.42. The highest BCUT2D eigenvalue weighted by Gasteiger charge is 2.03. The molecule has 1 aromatic heterocycles. The molecular weight excluding hydrogens is 293 g/mol. The lowest BCUT2D eigenvalue weighted by atomic mass is 10.1. The van der Waals surface area contributed by atoms with E-state index in [0.29, 0.717) is 10.2 Å². The summed E-state index contributed by atoms with van der Waals surface area (Å²) in [6.07, 6.45) is 0. The summed E-state index contributed by atoms with van der Waals surface area (Å²) < 4.78 is 4.97. The fourth-order valence-corrected chi connectivity index (χ4v) is 2.31. The van der Waals surface area contributed by atoms with E-state index >= 15 is 0 Å². The van der Waals surface area contributed by atoms with Gasteiger partial charge in [0, 0.05) is 15.6 Å². The van der Waals surface area contributed by atoms with Crippen LogP contribution >= 0.6 is 23.2 Å². The van der Waals surface area contributed by atoms with E-state index in [1.807, 2.05) is 24.3 Å². The predicted octanol–water partition coefficient (Wildman–Crippen LogP) is 4.84. The third-order valence-corrected chi connectivity index (χ3v) is 3.58. The van der Waals surface area contributed by atoms with E-state index in [0.717, 1.165) is 16.7 Å². The third-order valence-electron chi connectivity index (χ3n) is 3.13. The quantitative estimate of drug-likeness (QED) is 0.470. The zero-order valence-corrected chi connectivity index (χ0v) is 12.2. The second kappa shape index (κ2) is 5.31. The molecule has 20 heavy (non-hydrogen) atoms. The predicted molar refractivity (Wildman–Crippen MR) is 82.4 cm³/mol. The summed E-state index contributed by atoms with van der Waals surface area (Å²) >= 11 is 11.5. The van der Waals surface area contributed by atoms with Gasteiger partial charge in [-0.3, -0.25) is 0 Å². The fraction of sp³-hybridized carbons (Fsp3) is 0.0625. The molecule has 2 aromatic rings. The molecule has 0 unspecified atom stereocenters. The van der Waals surface area contributed by atoms with Crippen LogP contribution in [0.1, 0.15) is 0 Å². The van der Waals surface area contributed by atoms with Gasteiger partial charge in [0.25, 0.3) is 0 Å². The minimum absolute atomic E-state index is 0.491. The molecule has 0 fully saturated rings. The lowest BCUT2D eigenvalue weighted by molar-refractivity contribution is 0.407. The lowest BCUT2D eigenvalue weighted by Crippen LogP contribution is -1.92. The SMILES string of the molecule is COc1cc2ccc1=2.Clc1ccc2ccc(Cl)nc2c1. The van der Waals surface area contributed by atoms with Gasteiger partial charge >= 0.3 is 0 Å². The second-order valence-electron chi connectivity index (χ2n) is 4.39. The van der Waals surface area contributed by atoms with Gasteiger partial charge in [-0.15, -0.1) is 0 Å². The number of pyridine rings is 1. The van der Waals surface area contributed by atoms with Crippen molar-refractivity contribution in [1.82, 2.24) is 4.98 Å². The Labute approximate surface area is 126 Å². The van der Waals surface area contributed by atoms with Crippen molar-refractivity contribution in [2.45, 2.75) is 0 Å². The maximum Gasteiger partial charge on any atom is 0.129 e. The van der Waals surface area contributed by atoms with Gasteiger partial charge in [-0.05, 0) is 35.6 Å². The van der Waals surface area contributed by atoms with Gasteiger partial charge in [0.2, 0.25) is 0 Å². The standard InChI is InChI=1S/C9H5Cl2N.C7H6O/c10-7-3-1-6-2-4-9(11)12-8(6)5-7;1-8-7-4-5-2-3-6(5)7/h1-5H;2-4H,1H3. The number of aromatic nitrogens is 1. The number of halogens is 2. The number of hydrogen-bond donors (Lipinski definition) is 0. The number of hydrogen-bond acceptors (Lipinski definition) is 2. The topological polar surface area (TPSA) is 22.1 Å². The number of fused-ring (bicyclic) bond motifs is 1. The lowest BCUT2D eigenvalue weighted by Gasteiger charge is -2.08. The van der Waals surface area contributed by atoms with Gasteiger partial charge in [-0.2, -0.15) is 0 Å². The van der Waals surface area contributed by atoms with Crippen LogP contribution in [0, 0.1) is 10.4 Å². The number of benzene rings is 2. The average molecular weight is 304 g/mol. The Hall–Kier alpha value is -1.77. The van der Waals surface area contributed by atoms with Crippen molar-refractivity contribution in [1.29, 1.82) is 0 Å². The van der Waals surface area contributed by atoms with Crippen molar-refractivity contribution < 1.29 is 4.74 Å². The summed E-state index contributed by atoms with van der Waals surface area (Å²) in [5, 5.41) is 4.83. The van der Waals surface area contributed by atoms with Gasteiger partial charge in [0.15, 0.2) is 0 Å². The summed E-state index contributed by atoms with van der Waals surface area (Å²) in [5.74, 6) is 1.03. The molecule has 0 aliphatic heterocycles. The zero-order valence-electron chi connectivity index (χ0n) is 10.7. The number of ether oxygens (including phenoxy) is 1. The largest absolute Gasteiger partial charge is 0.496 e. The molecule has 0 saturated heterocycles. The molecule has 4 heteroatoms. The first kappa shape index (κ1) is 13.2. The van der Waals surface area contributed by atoms with Crippen LogP contribution in [0.3, 0.4) is 0 Å². The van der Waals surface area contributed by atoms with E-state index in [4.69, 9.17) is 27.9 Å². The Morgan fingerprint density at radius 3 is 2.30 bits per heavy atom. The molecule has 0 spiro atoms. The van der Waals surface area contributed by atoms with Crippen molar-refractivity contribution in [3.63, 3.8) is 0 Å². The van der Waals surface area contributed by atoms with Gasteiger partial charge in [-0.1, -0.05) is 41.4 Å². The Morgan fingerprint density at radius 1 is 0.950 bits per heavy atom. The van der Waals surface area contributed by atoms with E-state index < -0.39 is 0 Å². The van der Waals surface area contributed by atoms with Crippen LogP contribution in [-0.2, 0) is 0 Å². The summed E-state index contributed by atoms with van der Waals surface area (Å²) in [4.78, 5) is 4.12. The van der Waals surface area contributed by atoms with Crippen LogP contribution < -0.4 is 4.74 Å². The maximum atomic E-state index is 5.79. The molecule has 1 aromatic carbocycles. The van der Waals surface area contributed by atoms with Crippen molar-refractivity contribution >= 4 is 34.1 Å². The first-order valence-electron chi connectivity index (χ1n) is 6.07. The molecule has 2 aliphatic carbocycles. The number of nitrogens with zero attached hydrogens (tertiary/aromatic N) is 1. The summed E-state index contributed by atoms with van der Waals surface area (Å²) in [6.45, 7) is 0. The van der Waals surface area contributed by atoms with Crippen molar-refractivity contribution in [2.24, 2.45) is 0 Å². The van der Waals surface area contributed by atoms with Crippen LogP contribution in [0.5, 0.6) is 5.75 Å². The molecule has 100 valence electrons. The summed E-state index contributed by atoms with van der Waals surface area (Å²) in [7, 11) is 1.70. The Balaban J connectivity index is 0.000000131. The first-order chi connectivity index (χ1) is 9.67. The smallest absolute Gasteiger partial charge is 0.129 e. The highest BCUT2D eigenvalue weighted by atomic mass is 35.5. The van der Waals surface area contributed by atoms with Crippen molar-refractivity contribution in [3.8, 4) is 5.75 Å². The Morgan fingerprint density at radius 2 is 1.75 bits per heavy atom. The fourth-order valence-electron chi connectivity index (χ4n) is 1.99. The molecule has 0 bridgehead atoms. The first-order valence-corrected chi connectivity index (χ1v) is 6.83. The molecule has 0 radical (unpaired) electrons. The van der Waals surface area contributed by atoms with E-state index in [1.165, 1.54) is 10.4 Å². The molecule has 0 atom stereocenters. The van der Waals surface area contributed by atoms with Crippen LogP contribution in [0.15, 0.2) is 48.5 Å². The molecular formula is C16H11Cl2NO. The second-order valence-corrected chi connectivity index (χ2v) is 5.21. The summed E-state index contributed by atoms with van der Waals surface area (Å²) in [6, 6.07) is 15.4. The van der Waals surface area contributed by atoms with Gasteiger partial charge < -0.3 is 4.74 Å². The molecule has 4 rings (SSSR count). The van der Waals surface area contributed by atoms with Crippen molar-refractivity contribution in [3.05, 3.63) is 69.1 Å². The highest BCUT2D eigenvalue weighted by Crippen LogP contribution is 2.22. The van der Waals surface area contributed by atoms with Gasteiger partial charge in [0.05, 0.1) is 12.6 Å². The van der Waals surface area contributed by atoms with Gasteiger partial charge in [-0.25, -0.2) is 4.98 Å². The molecule has 0 amide bonds. The molecule has 1 heterocycles. The van der Waals surface area contributed by atoms with Crippen molar-refractivity contribution in [2.75, 3.05) is 7.11 Å². The highest BCUT2D eigenvalue weighted by molar-refractivity contribution is 6.31. The van der Waals surface area contributed by atoms with E-state index in [1.54, 1.807) is 19.2 Å². The molecule has 0 N–H and O–H groups in total. The summed E-state index contributed by atoms with van der Waals surface area (Å²) in [5.41, 5.74) is 0.829. The minimum atomic E-state index is 0.491.